The molecule has 0 rings (SSSR count). The molecule has 0 aliphatic carbocycles. The first-order chi connectivity index (χ1) is 9.16. The number of esters is 1. The summed E-state index contributed by atoms with van der Waals surface area (Å²) >= 11 is 3.09. The minimum absolute atomic E-state index is 0.206. The minimum Gasteiger partial charge on any atom is -0.464 e. The Morgan fingerprint density at radius 1 is 1.05 bits per heavy atom. The van der Waals surface area contributed by atoms with E-state index in [1.54, 1.807) is 0 Å². The number of alkyl halides is 1. The van der Waals surface area contributed by atoms with Crippen molar-refractivity contribution in [3.05, 3.63) is 0 Å². The van der Waals surface area contributed by atoms with Gasteiger partial charge in [-0.05, 0) is 39.3 Å². The van der Waals surface area contributed by atoms with E-state index in [0.29, 0.717) is 0 Å². The lowest BCUT2D eigenvalue weighted by molar-refractivity contribution is -0.141. The van der Waals surface area contributed by atoms with Crippen LogP contribution in [0.5, 0.6) is 0 Å². The van der Waals surface area contributed by atoms with Crippen LogP contribution in [0.15, 0.2) is 0 Å². The van der Waals surface area contributed by atoms with E-state index in [9.17, 15) is 14.2 Å². The first-order valence-corrected chi connectivity index (χ1v) is 15.8. The fraction of sp³-hybridized carbons (Fsp3) is 0.818. The summed E-state index contributed by atoms with van der Waals surface area (Å²) in [5, 5.41) is 0. The quantitative estimate of drug-likeness (QED) is 0.258. The van der Waals surface area contributed by atoms with Gasteiger partial charge in [-0.25, -0.2) is 0 Å². The molecule has 0 aliphatic rings. The van der Waals surface area contributed by atoms with Gasteiger partial charge in [0.1, 0.15) is 11.4 Å². The summed E-state index contributed by atoms with van der Waals surface area (Å²) in [5.41, 5.74) is -0.700. The van der Waals surface area contributed by atoms with Gasteiger partial charge in [0.15, 0.2) is 16.6 Å². The molecule has 21 heavy (non-hydrogen) atoms. The Morgan fingerprint density at radius 2 is 1.43 bits per heavy atom. The molecule has 6 nitrogen and oxygen atoms in total. The van der Waals surface area contributed by atoms with Crippen molar-refractivity contribution in [3.8, 4) is 0 Å². The van der Waals surface area contributed by atoms with Gasteiger partial charge in [-0.2, -0.15) is 0 Å². The number of halogens is 1. The van der Waals surface area contributed by atoms with Crippen LogP contribution in [0.4, 0.5) is 0 Å². The van der Waals surface area contributed by atoms with Gasteiger partial charge in [0.25, 0.3) is 5.52 Å². The van der Waals surface area contributed by atoms with Crippen molar-refractivity contribution in [2.75, 3.05) is 6.61 Å². The van der Waals surface area contributed by atoms with Gasteiger partial charge < -0.3 is 13.2 Å². The van der Waals surface area contributed by atoms with Gasteiger partial charge in [0.2, 0.25) is 0 Å². The topological polar surface area (TPSA) is 78.9 Å². The van der Waals surface area contributed by atoms with Crippen molar-refractivity contribution in [1.82, 2.24) is 0 Å². The Kier molecular flexibility index (Phi) is 7.73. The van der Waals surface area contributed by atoms with Gasteiger partial charge in [0.05, 0.1) is 0 Å². The van der Waals surface area contributed by atoms with Crippen LogP contribution in [0, 0.1) is 0 Å². The van der Waals surface area contributed by atoms with Crippen LogP contribution in [0.3, 0.4) is 0 Å². The third kappa shape index (κ3) is 9.05. The van der Waals surface area contributed by atoms with Crippen molar-refractivity contribution in [2.24, 2.45) is 0 Å². The summed E-state index contributed by atoms with van der Waals surface area (Å²) in [6.45, 7) is 12.0. The zero-order valence-corrected chi connectivity index (χ0v) is 18.0. The van der Waals surface area contributed by atoms with Crippen molar-refractivity contribution in [3.63, 3.8) is 0 Å². The molecule has 0 unspecified atom stereocenters. The van der Waals surface area contributed by atoms with Crippen LogP contribution in [-0.4, -0.2) is 39.6 Å². The SMILES string of the molecule is CC(=O)OC[C@H](Br)C(=O)P(=O)(O[Si](C)(C)C)O[Si](C)(C)C. The maximum absolute atomic E-state index is 12.9. The first-order valence-electron chi connectivity index (χ1n) is 6.50. The van der Waals surface area contributed by atoms with Crippen LogP contribution in [0.2, 0.25) is 39.3 Å². The van der Waals surface area contributed by atoms with Crippen LogP contribution >= 0.6 is 23.5 Å². The summed E-state index contributed by atoms with van der Waals surface area (Å²) in [4.78, 5) is 22.3. The average molecular weight is 419 g/mol. The van der Waals surface area contributed by atoms with E-state index in [1.807, 2.05) is 39.3 Å². The Labute approximate surface area is 136 Å². The molecule has 0 fully saturated rings. The fourth-order valence-corrected chi connectivity index (χ4v) is 9.54. The van der Waals surface area contributed by atoms with Gasteiger partial charge in [0, 0.05) is 6.92 Å². The van der Waals surface area contributed by atoms with E-state index < -0.39 is 40.6 Å². The molecule has 10 heteroatoms. The monoisotopic (exact) mass is 418 g/mol. The zero-order valence-electron chi connectivity index (χ0n) is 13.6. The molecule has 0 N–H and O–H groups in total. The normalized spacial score (nSPS) is 14.7. The second kappa shape index (κ2) is 7.65. The molecule has 0 aliphatic heterocycles. The molecule has 124 valence electrons. The number of carbonyl (C=O) groups excluding carboxylic acids is 2. The van der Waals surface area contributed by atoms with E-state index in [2.05, 4.69) is 15.9 Å². The Hall–Kier alpha value is 0.204. The van der Waals surface area contributed by atoms with E-state index in [-0.39, 0.29) is 6.61 Å². The number of hydrogen-bond donors (Lipinski definition) is 0. The predicted molar refractivity (Wildman–Crippen MR) is 90.8 cm³/mol. The largest absolute Gasteiger partial charge is 0.464 e. The number of ether oxygens (including phenoxy) is 1. The smallest absolute Gasteiger partial charge is 0.378 e. The molecule has 0 bridgehead atoms. The summed E-state index contributed by atoms with van der Waals surface area (Å²) < 4.78 is 28.9. The molecular weight excluding hydrogens is 395 g/mol. The molecule has 1 atom stereocenters. The van der Waals surface area contributed by atoms with Crippen LogP contribution in [-0.2, 0) is 27.3 Å². The number of rotatable bonds is 8. The fourth-order valence-electron chi connectivity index (χ4n) is 1.26. The third-order valence-electron chi connectivity index (χ3n) is 1.76. The van der Waals surface area contributed by atoms with Crippen LogP contribution < -0.4 is 0 Å². The summed E-state index contributed by atoms with van der Waals surface area (Å²) in [6.07, 6.45) is 0. The van der Waals surface area contributed by atoms with E-state index in [0.717, 1.165) is 0 Å². The van der Waals surface area contributed by atoms with Crippen LogP contribution in [0.25, 0.3) is 0 Å². The number of carbonyl (C=O) groups is 2. The molecule has 0 saturated carbocycles. The second-order valence-corrected chi connectivity index (χ2v) is 19.0. The molecule has 0 radical (unpaired) electrons. The summed E-state index contributed by atoms with van der Waals surface area (Å²) in [6, 6.07) is 0. The van der Waals surface area contributed by atoms with Crippen LogP contribution in [0.1, 0.15) is 6.92 Å². The van der Waals surface area contributed by atoms with Gasteiger partial charge in [-0.3, -0.25) is 14.2 Å². The molecule has 0 spiro atoms. The maximum atomic E-state index is 12.9. The van der Waals surface area contributed by atoms with Crippen molar-refractivity contribution in [2.45, 2.75) is 51.0 Å². The summed E-state index contributed by atoms with van der Waals surface area (Å²) in [7, 11) is -8.45. The standard InChI is InChI=1S/C11H24BrO6PSi2/c1-9(13)16-8-10(12)11(14)19(15,17-20(2,3)4)18-21(5,6)7/h10H,8H2,1-7H3/t10-/m0/s1. The molecule has 0 heterocycles. The van der Waals surface area contributed by atoms with Crippen molar-refractivity contribution < 1.29 is 27.3 Å². The highest BCUT2D eigenvalue weighted by atomic mass is 79.9. The third-order valence-corrected chi connectivity index (χ3v) is 9.95. The number of hydrogen-bond acceptors (Lipinski definition) is 6. The minimum atomic E-state index is -3.92. The van der Waals surface area contributed by atoms with Gasteiger partial charge in [-0.1, -0.05) is 15.9 Å². The zero-order chi connectivity index (χ0) is 17.1. The lowest BCUT2D eigenvalue weighted by atomic mass is 10.5. The van der Waals surface area contributed by atoms with E-state index in [4.69, 9.17) is 13.2 Å². The first kappa shape index (κ1) is 21.2. The molecule has 0 aromatic rings. The summed E-state index contributed by atoms with van der Waals surface area (Å²) in [5.74, 6) is -0.515. The molecular formula is C11H24BrO6PSi2. The lowest BCUT2D eigenvalue weighted by Gasteiger charge is -2.30. The molecule has 0 aromatic carbocycles. The average Bonchev–Trinajstić information content (AvgIpc) is 2.19. The van der Waals surface area contributed by atoms with Crippen molar-refractivity contribution in [1.29, 1.82) is 0 Å². The molecule has 0 amide bonds. The second-order valence-electron chi connectivity index (χ2n) is 6.51. The van der Waals surface area contributed by atoms with E-state index in [1.165, 1.54) is 6.92 Å². The van der Waals surface area contributed by atoms with Crippen molar-refractivity contribution >= 4 is 51.7 Å². The Balaban J connectivity index is 5.25. The van der Waals surface area contributed by atoms with Gasteiger partial charge >= 0.3 is 13.6 Å². The Bertz CT molecular complexity index is 423. The maximum Gasteiger partial charge on any atom is 0.378 e. The highest BCUT2D eigenvalue weighted by molar-refractivity contribution is 9.10. The Morgan fingerprint density at radius 3 is 1.71 bits per heavy atom. The van der Waals surface area contributed by atoms with E-state index >= 15 is 0 Å². The lowest BCUT2D eigenvalue weighted by Crippen LogP contribution is -2.34. The predicted octanol–water partition coefficient (Wildman–Crippen LogP) is 3.74. The van der Waals surface area contributed by atoms with Gasteiger partial charge in [-0.15, -0.1) is 0 Å². The molecule has 0 aromatic heterocycles. The highest BCUT2D eigenvalue weighted by Crippen LogP contribution is 2.55. The highest BCUT2D eigenvalue weighted by Gasteiger charge is 2.45. The molecule has 0 saturated heterocycles.